The summed E-state index contributed by atoms with van der Waals surface area (Å²) in [5.41, 5.74) is 0.804. The SMILES string of the molecule is CNc1ccc(I)c(F)c1. The molecule has 0 saturated carbocycles. The van der Waals surface area contributed by atoms with E-state index >= 15 is 0 Å². The highest BCUT2D eigenvalue weighted by Gasteiger charge is 1.97. The maximum atomic E-state index is 12.7. The number of nitrogens with one attached hydrogen (secondary N) is 1. The van der Waals surface area contributed by atoms with Crippen LogP contribution in [0.3, 0.4) is 0 Å². The Labute approximate surface area is 72.8 Å². The summed E-state index contributed by atoms with van der Waals surface area (Å²) in [6.45, 7) is 0. The third kappa shape index (κ3) is 1.59. The Morgan fingerprint density at radius 3 is 2.70 bits per heavy atom. The Hall–Kier alpha value is -0.320. The van der Waals surface area contributed by atoms with Crippen molar-refractivity contribution in [2.45, 2.75) is 0 Å². The molecular formula is C7H7FIN. The van der Waals surface area contributed by atoms with E-state index in [0.29, 0.717) is 3.57 Å². The first-order chi connectivity index (χ1) is 4.74. The van der Waals surface area contributed by atoms with E-state index in [1.54, 1.807) is 13.1 Å². The van der Waals surface area contributed by atoms with E-state index in [9.17, 15) is 4.39 Å². The van der Waals surface area contributed by atoms with Crippen LogP contribution in [0.25, 0.3) is 0 Å². The zero-order valence-corrected chi connectivity index (χ0v) is 7.65. The van der Waals surface area contributed by atoms with Crippen LogP contribution in [-0.2, 0) is 0 Å². The van der Waals surface area contributed by atoms with Crippen molar-refractivity contribution in [3.05, 3.63) is 27.6 Å². The topological polar surface area (TPSA) is 12.0 Å². The minimum absolute atomic E-state index is 0.174. The van der Waals surface area contributed by atoms with Gasteiger partial charge in [0, 0.05) is 16.3 Å². The molecule has 0 fully saturated rings. The van der Waals surface area contributed by atoms with Crippen LogP contribution >= 0.6 is 22.6 Å². The second-order valence-corrected chi connectivity index (χ2v) is 3.04. The van der Waals surface area contributed by atoms with E-state index in [0.717, 1.165) is 5.69 Å². The van der Waals surface area contributed by atoms with Gasteiger partial charge in [0.15, 0.2) is 0 Å². The second-order valence-electron chi connectivity index (χ2n) is 1.88. The number of anilines is 1. The molecule has 1 nitrogen and oxygen atoms in total. The number of hydrogen-bond donors (Lipinski definition) is 1. The lowest BCUT2D eigenvalue weighted by atomic mass is 10.3. The number of hydrogen-bond acceptors (Lipinski definition) is 1. The molecule has 0 aromatic heterocycles. The molecular weight excluding hydrogens is 244 g/mol. The predicted octanol–water partition coefficient (Wildman–Crippen LogP) is 2.47. The normalized spacial score (nSPS) is 9.50. The van der Waals surface area contributed by atoms with E-state index in [1.165, 1.54) is 6.07 Å². The molecule has 0 aliphatic rings. The van der Waals surface area contributed by atoms with Gasteiger partial charge in [0.1, 0.15) is 5.82 Å². The van der Waals surface area contributed by atoms with Crippen molar-refractivity contribution < 1.29 is 4.39 Å². The quantitative estimate of drug-likeness (QED) is 0.756. The first kappa shape index (κ1) is 7.78. The second kappa shape index (κ2) is 3.18. The standard InChI is InChI=1S/C7H7FIN/c1-10-5-2-3-7(9)6(8)4-5/h2-4,10H,1H3. The van der Waals surface area contributed by atoms with Crippen LogP contribution in [0.15, 0.2) is 18.2 Å². The summed E-state index contributed by atoms with van der Waals surface area (Å²) in [6.07, 6.45) is 0. The van der Waals surface area contributed by atoms with E-state index in [4.69, 9.17) is 0 Å². The van der Waals surface area contributed by atoms with Gasteiger partial charge in [-0.05, 0) is 40.8 Å². The molecule has 3 heteroatoms. The fourth-order valence-electron chi connectivity index (χ4n) is 0.652. The highest BCUT2D eigenvalue weighted by Crippen LogP contribution is 2.14. The zero-order valence-electron chi connectivity index (χ0n) is 5.49. The Kier molecular flexibility index (Phi) is 2.48. The summed E-state index contributed by atoms with van der Waals surface area (Å²) in [7, 11) is 1.77. The molecule has 0 aliphatic carbocycles. The van der Waals surface area contributed by atoms with Crippen LogP contribution in [0.1, 0.15) is 0 Å². The third-order valence-corrected chi connectivity index (χ3v) is 2.08. The Balaban J connectivity index is 3.04. The van der Waals surface area contributed by atoms with Crippen LogP contribution in [-0.4, -0.2) is 7.05 Å². The fourth-order valence-corrected chi connectivity index (χ4v) is 0.987. The summed E-state index contributed by atoms with van der Waals surface area (Å²) in [5.74, 6) is -0.174. The van der Waals surface area contributed by atoms with Gasteiger partial charge in [-0.2, -0.15) is 0 Å². The van der Waals surface area contributed by atoms with Gasteiger partial charge < -0.3 is 5.32 Å². The van der Waals surface area contributed by atoms with Crippen LogP contribution < -0.4 is 5.32 Å². The van der Waals surface area contributed by atoms with Crippen LogP contribution in [0.5, 0.6) is 0 Å². The van der Waals surface area contributed by atoms with Crippen LogP contribution in [0.4, 0.5) is 10.1 Å². The summed E-state index contributed by atoms with van der Waals surface area (Å²) < 4.78 is 13.4. The number of halogens is 2. The first-order valence-electron chi connectivity index (χ1n) is 2.87. The molecule has 0 spiro atoms. The zero-order chi connectivity index (χ0) is 7.56. The van der Waals surface area contributed by atoms with Crippen molar-refractivity contribution in [3.8, 4) is 0 Å². The summed E-state index contributed by atoms with van der Waals surface area (Å²) in [6, 6.07) is 5.05. The monoisotopic (exact) mass is 251 g/mol. The molecule has 0 amide bonds. The average molecular weight is 251 g/mol. The lowest BCUT2D eigenvalue weighted by molar-refractivity contribution is 0.621. The van der Waals surface area contributed by atoms with E-state index in [1.807, 2.05) is 28.7 Å². The van der Waals surface area contributed by atoms with Gasteiger partial charge in [0.25, 0.3) is 0 Å². The largest absolute Gasteiger partial charge is 0.388 e. The van der Waals surface area contributed by atoms with Crippen molar-refractivity contribution in [2.24, 2.45) is 0 Å². The minimum atomic E-state index is -0.174. The van der Waals surface area contributed by atoms with Crippen molar-refractivity contribution in [2.75, 3.05) is 12.4 Å². The van der Waals surface area contributed by atoms with Gasteiger partial charge >= 0.3 is 0 Å². The van der Waals surface area contributed by atoms with Gasteiger partial charge in [-0.1, -0.05) is 0 Å². The Morgan fingerprint density at radius 2 is 2.20 bits per heavy atom. The summed E-state index contributed by atoms with van der Waals surface area (Å²) in [4.78, 5) is 0. The highest BCUT2D eigenvalue weighted by molar-refractivity contribution is 14.1. The molecule has 1 aromatic rings. The van der Waals surface area contributed by atoms with Gasteiger partial charge in [-0.15, -0.1) is 0 Å². The highest BCUT2D eigenvalue weighted by atomic mass is 127. The first-order valence-corrected chi connectivity index (χ1v) is 3.94. The number of rotatable bonds is 1. The molecule has 0 saturated heterocycles. The van der Waals surface area contributed by atoms with Crippen LogP contribution in [0.2, 0.25) is 0 Å². The average Bonchev–Trinajstić information content (AvgIpc) is 1.95. The molecule has 0 radical (unpaired) electrons. The Bertz CT molecular complexity index is 237. The lowest BCUT2D eigenvalue weighted by Crippen LogP contribution is -1.89. The molecule has 0 heterocycles. The van der Waals surface area contributed by atoms with Gasteiger partial charge in [-0.25, -0.2) is 4.39 Å². The summed E-state index contributed by atoms with van der Waals surface area (Å²) >= 11 is 1.95. The molecule has 10 heavy (non-hydrogen) atoms. The number of benzene rings is 1. The van der Waals surface area contributed by atoms with Crippen molar-refractivity contribution in [3.63, 3.8) is 0 Å². The molecule has 0 unspecified atom stereocenters. The van der Waals surface area contributed by atoms with Gasteiger partial charge in [0.05, 0.1) is 0 Å². The van der Waals surface area contributed by atoms with Gasteiger partial charge in [-0.3, -0.25) is 0 Å². The van der Waals surface area contributed by atoms with Crippen molar-refractivity contribution >= 4 is 28.3 Å². The smallest absolute Gasteiger partial charge is 0.138 e. The third-order valence-electron chi connectivity index (χ3n) is 1.21. The predicted molar refractivity (Wildman–Crippen MR) is 48.7 cm³/mol. The van der Waals surface area contributed by atoms with Crippen molar-refractivity contribution in [1.29, 1.82) is 0 Å². The molecule has 0 aliphatic heterocycles. The molecule has 1 N–H and O–H groups in total. The van der Waals surface area contributed by atoms with E-state index < -0.39 is 0 Å². The van der Waals surface area contributed by atoms with Crippen molar-refractivity contribution in [1.82, 2.24) is 0 Å². The molecule has 1 aromatic carbocycles. The van der Waals surface area contributed by atoms with E-state index in [-0.39, 0.29) is 5.82 Å². The minimum Gasteiger partial charge on any atom is -0.388 e. The van der Waals surface area contributed by atoms with E-state index in [2.05, 4.69) is 5.32 Å². The molecule has 1 rings (SSSR count). The van der Waals surface area contributed by atoms with Gasteiger partial charge in [0.2, 0.25) is 0 Å². The molecule has 0 bridgehead atoms. The maximum Gasteiger partial charge on any atom is 0.138 e. The fraction of sp³-hybridized carbons (Fsp3) is 0.143. The molecule has 54 valence electrons. The maximum absolute atomic E-state index is 12.7. The Morgan fingerprint density at radius 1 is 1.50 bits per heavy atom. The van der Waals surface area contributed by atoms with Crippen LogP contribution in [0, 0.1) is 9.39 Å². The molecule has 0 atom stereocenters. The summed E-state index contributed by atoms with van der Waals surface area (Å²) in [5, 5.41) is 2.85. The lowest BCUT2D eigenvalue weighted by Gasteiger charge is -1.99.